The van der Waals surface area contributed by atoms with Gasteiger partial charge in [0.25, 0.3) is 5.91 Å². The van der Waals surface area contributed by atoms with Gasteiger partial charge < -0.3 is 15.6 Å². The van der Waals surface area contributed by atoms with E-state index in [1.54, 1.807) is 18.2 Å². The number of hydrogen-bond donors (Lipinski definition) is 2. The number of nitrogens with one attached hydrogen (secondary N) is 1. The number of nitrogen functional groups attached to an aromatic ring is 1. The number of nitrogens with two attached hydrogens (primary N) is 1. The molecular formula is C13H15N3O2. The molecule has 1 heterocycles. The highest BCUT2D eigenvalue weighted by atomic mass is 16.5. The van der Waals surface area contributed by atoms with E-state index in [4.69, 9.17) is 10.3 Å². The van der Waals surface area contributed by atoms with Crippen LogP contribution in [0.1, 0.15) is 27.4 Å². The average Bonchev–Trinajstić information content (AvgIpc) is 2.72. The molecule has 2 rings (SSSR count). The summed E-state index contributed by atoms with van der Waals surface area (Å²) in [7, 11) is 0. The van der Waals surface area contributed by atoms with Crippen molar-refractivity contribution in [2.24, 2.45) is 0 Å². The summed E-state index contributed by atoms with van der Waals surface area (Å²) in [5, 5.41) is 6.48. The zero-order chi connectivity index (χ0) is 13.1. The molecule has 0 saturated carbocycles. The molecular weight excluding hydrogens is 230 g/mol. The van der Waals surface area contributed by atoms with Crippen molar-refractivity contribution in [2.45, 2.75) is 20.4 Å². The number of aryl methyl sites for hydroxylation is 2. The lowest BCUT2D eigenvalue weighted by Crippen LogP contribution is -2.23. The second-order valence-corrected chi connectivity index (χ2v) is 4.21. The summed E-state index contributed by atoms with van der Waals surface area (Å²) in [5.41, 5.74) is 8.55. The Bertz CT molecular complexity index is 575. The Morgan fingerprint density at radius 1 is 1.39 bits per heavy atom. The first-order valence-electron chi connectivity index (χ1n) is 5.63. The predicted molar refractivity (Wildman–Crippen MR) is 68.0 cm³/mol. The third-order valence-electron chi connectivity index (χ3n) is 2.55. The molecule has 3 N–H and O–H groups in total. The number of carbonyl (C=O) groups is 1. The summed E-state index contributed by atoms with van der Waals surface area (Å²) in [4.78, 5) is 11.9. The van der Waals surface area contributed by atoms with E-state index >= 15 is 0 Å². The molecule has 5 heteroatoms. The largest absolute Gasteiger partial charge is 0.398 e. The molecule has 0 saturated heterocycles. The van der Waals surface area contributed by atoms with Crippen LogP contribution in [0.3, 0.4) is 0 Å². The van der Waals surface area contributed by atoms with Crippen molar-refractivity contribution in [1.29, 1.82) is 0 Å². The Balaban J connectivity index is 2.03. The van der Waals surface area contributed by atoms with Crippen LogP contribution in [0.25, 0.3) is 0 Å². The smallest absolute Gasteiger partial charge is 0.253 e. The van der Waals surface area contributed by atoms with Crippen LogP contribution >= 0.6 is 0 Å². The highest BCUT2D eigenvalue weighted by Crippen LogP contribution is 2.13. The fraction of sp³-hybridized carbons (Fsp3) is 0.231. The van der Waals surface area contributed by atoms with Gasteiger partial charge >= 0.3 is 0 Å². The Morgan fingerprint density at radius 2 is 2.17 bits per heavy atom. The molecule has 5 nitrogen and oxygen atoms in total. The number of nitrogens with zero attached hydrogens (tertiary/aromatic N) is 1. The monoisotopic (exact) mass is 245 g/mol. The van der Waals surface area contributed by atoms with Crippen LogP contribution in [-0.4, -0.2) is 11.1 Å². The minimum absolute atomic E-state index is 0.221. The molecule has 2 aromatic rings. The zero-order valence-corrected chi connectivity index (χ0v) is 10.4. The lowest BCUT2D eigenvalue weighted by Gasteiger charge is -2.06. The first-order valence-corrected chi connectivity index (χ1v) is 5.63. The van der Waals surface area contributed by atoms with Gasteiger partial charge in [-0.05, 0) is 31.5 Å². The van der Waals surface area contributed by atoms with E-state index < -0.39 is 0 Å². The molecule has 0 fully saturated rings. The van der Waals surface area contributed by atoms with Crippen molar-refractivity contribution in [2.75, 3.05) is 5.73 Å². The van der Waals surface area contributed by atoms with Gasteiger partial charge in [-0.15, -0.1) is 0 Å². The number of hydrogen-bond acceptors (Lipinski definition) is 4. The fourth-order valence-corrected chi connectivity index (χ4v) is 1.65. The van der Waals surface area contributed by atoms with Crippen molar-refractivity contribution in [3.05, 3.63) is 46.8 Å². The van der Waals surface area contributed by atoms with Gasteiger partial charge in [-0.3, -0.25) is 4.79 Å². The maximum absolute atomic E-state index is 11.9. The molecule has 18 heavy (non-hydrogen) atoms. The highest BCUT2D eigenvalue weighted by Gasteiger charge is 2.10. The maximum atomic E-state index is 11.9. The van der Waals surface area contributed by atoms with Gasteiger partial charge in [-0.1, -0.05) is 11.2 Å². The van der Waals surface area contributed by atoms with Gasteiger partial charge in [0.1, 0.15) is 0 Å². The first-order chi connectivity index (χ1) is 8.56. The van der Waals surface area contributed by atoms with Gasteiger partial charge in [-0.2, -0.15) is 0 Å². The lowest BCUT2D eigenvalue weighted by atomic mass is 10.1. The minimum Gasteiger partial charge on any atom is -0.398 e. The van der Waals surface area contributed by atoms with E-state index in [0.29, 0.717) is 23.6 Å². The summed E-state index contributed by atoms with van der Waals surface area (Å²) in [6.45, 7) is 4.05. The van der Waals surface area contributed by atoms with Gasteiger partial charge in [0.2, 0.25) is 0 Å². The average molecular weight is 245 g/mol. The molecule has 0 aliphatic rings. The van der Waals surface area contributed by atoms with Crippen LogP contribution < -0.4 is 11.1 Å². The van der Waals surface area contributed by atoms with Crippen LogP contribution in [0, 0.1) is 13.8 Å². The number of amides is 1. The summed E-state index contributed by atoms with van der Waals surface area (Å²) in [6.07, 6.45) is 0. The van der Waals surface area contributed by atoms with Crippen LogP contribution in [0.4, 0.5) is 5.69 Å². The highest BCUT2D eigenvalue weighted by molar-refractivity contribution is 5.99. The molecule has 0 unspecified atom stereocenters. The molecule has 1 amide bonds. The summed E-state index contributed by atoms with van der Waals surface area (Å²) in [5.74, 6) is 0.396. The maximum Gasteiger partial charge on any atom is 0.253 e. The van der Waals surface area contributed by atoms with Crippen molar-refractivity contribution >= 4 is 11.6 Å². The number of rotatable bonds is 3. The summed E-state index contributed by atoms with van der Waals surface area (Å²) >= 11 is 0. The van der Waals surface area contributed by atoms with Gasteiger partial charge in [0.15, 0.2) is 5.76 Å². The second-order valence-electron chi connectivity index (χ2n) is 4.21. The summed E-state index contributed by atoms with van der Waals surface area (Å²) < 4.78 is 5.00. The molecule has 0 radical (unpaired) electrons. The Kier molecular flexibility index (Phi) is 3.32. The Labute approximate surface area is 105 Å². The number of carbonyl (C=O) groups excluding carboxylic acids is 1. The summed E-state index contributed by atoms with van der Waals surface area (Å²) in [6, 6.07) is 7.11. The number of aromatic nitrogens is 1. The van der Waals surface area contributed by atoms with Crippen LogP contribution in [0.5, 0.6) is 0 Å². The van der Waals surface area contributed by atoms with E-state index in [9.17, 15) is 4.79 Å². The molecule has 0 aliphatic carbocycles. The molecule has 1 aromatic heterocycles. The van der Waals surface area contributed by atoms with Crippen molar-refractivity contribution < 1.29 is 9.32 Å². The van der Waals surface area contributed by atoms with Crippen molar-refractivity contribution in [3.63, 3.8) is 0 Å². The minimum atomic E-state index is -0.221. The van der Waals surface area contributed by atoms with Crippen LogP contribution in [0.15, 0.2) is 28.8 Å². The Morgan fingerprint density at radius 3 is 2.78 bits per heavy atom. The van der Waals surface area contributed by atoms with E-state index in [1.807, 2.05) is 19.9 Å². The van der Waals surface area contributed by atoms with Crippen LogP contribution in [-0.2, 0) is 6.54 Å². The lowest BCUT2D eigenvalue weighted by molar-refractivity contribution is 0.0948. The quantitative estimate of drug-likeness (QED) is 0.808. The molecule has 0 spiro atoms. The third kappa shape index (κ3) is 2.68. The van der Waals surface area contributed by atoms with E-state index in [0.717, 1.165) is 11.3 Å². The number of benzene rings is 1. The normalized spacial score (nSPS) is 10.3. The van der Waals surface area contributed by atoms with Crippen molar-refractivity contribution in [1.82, 2.24) is 10.5 Å². The van der Waals surface area contributed by atoms with Gasteiger partial charge in [-0.25, -0.2) is 0 Å². The molecule has 0 aliphatic heterocycles. The first kappa shape index (κ1) is 12.2. The van der Waals surface area contributed by atoms with E-state index in [1.165, 1.54) is 0 Å². The third-order valence-corrected chi connectivity index (χ3v) is 2.55. The van der Waals surface area contributed by atoms with E-state index in [2.05, 4.69) is 10.5 Å². The molecule has 0 atom stereocenters. The topological polar surface area (TPSA) is 81.2 Å². The standard InChI is InChI=1S/C13H15N3O2/c1-8-3-4-11(12(14)5-8)13(17)15-7-10-6-9(2)16-18-10/h3-6H,7,14H2,1-2H3,(H,15,17). The van der Waals surface area contributed by atoms with Gasteiger partial charge in [0.05, 0.1) is 17.8 Å². The van der Waals surface area contributed by atoms with E-state index in [-0.39, 0.29) is 5.91 Å². The number of anilines is 1. The zero-order valence-electron chi connectivity index (χ0n) is 10.4. The van der Waals surface area contributed by atoms with Crippen molar-refractivity contribution in [3.8, 4) is 0 Å². The van der Waals surface area contributed by atoms with Gasteiger partial charge in [0, 0.05) is 11.8 Å². The molecule has 0 bridgehead atoms. The SMILES string of the molecule is Cc1ccc(C(=O)NCc2cc(C)no2)c(N)c1. The van der Waals surface area contributed by atoms with Crippen LogP contribution in [0.2, 0.25) is 0 Å². The fourth-order valence-electron chi connectivity index (χ4n) is 1.65. The Hall–Kier alpha value is -2.30. The second kappa shape index (κ2) is 4.91. The predicted octanol–water partition coefficient (Wildman–Crippen LogP) is 1.80. The molecule has 94 valence electrons. The molecule has 1 aromatic carbocycles.